The van der Waals surface area contributed by atoms with Gasteiger partial charge in [-0.2, -0.15) is 0 Å². The SMILES string of the molecule is CC(C)Cc1ccc(-c2ccnc(CO)n2)cc1. The van der Waals surface area contributed by atoms with Crippen LogP contribution in [0, 0.1) is 5.92 Å². The quantitative estimate of drug-likeness (QED) is 0.896. The molecular formula is C15H18N2O. The third kappa shape index (κ3) is 3.14. The van der Waals surface area contributed by atoms with Crippen molar-refractivity contribution in [2.75, 3.05) is 0 Å². The van der Waals surface area contributed by atoms with Crippen LogP contribution in [0.1, 0.15) is 25.2 Å². The first-order valence-electron chi connectivity index (χ1n) is 6.21. The molecule has 0 aliphatic carbocycles. The van der Waals surface area contributed by atoms with E-state index in [9.17, 15) is 0 Å². The molecule has 94 valence electrons. The van der Waals surface area contributed by atoms with Crippen LogP contribution in [0.2, 0.25) is 0 Å². The van der Waals surface area contributed by atoms with Gasteiger partial charge in [0, 0.05) is 11.8 Å². The number of aliphatic hydroxyl groups excluding tert-OH is 1. The Kier molecular flexibility index (Phi) is 4.05. The minimum atomic E-state index is -0.126. The molecule has 0 atom stereocenters. The molecule has 0 aliphatic rings. The van der Waals surface area contributed by atoms with Crippen LogP contribution in [-0.4, -0.2) is 15.1 Å². The summed E-state index contributed by atoms with van der Waals surface area (Å²) in [5.41, 5.74) is 3.25. The lowest BCUT2D eigenvalue weighted by Crippen LogP contribution is -1.96. The minimum Gasteiger partial charge on any atom is -0.388 e. The molecule has 0 saturated carbocycles. The molecule has 0 fully saturated rings. The van der Waals surface area contributed by atoms with Crippen LogP contribution in [0.4, 0.5) is 0 Å². The second-order valence-electron chi connectivity index (χ2n) is 4.81. The predicted octanol–water partition coefficient (Wildman–Crippen LogP) is 2.83. The highest BCUT2D eigenvalue weighted by Crippen LogP contribution is 2.18. The fraction of sp³-hybridized carbons (Fsp3) is 0.333. The molecule has 18 heavy (non-hydrogen) atoms. The average molecular weight is 242 g/mol. The summed E-state index contributed by atoms with van der Waals surface area (Å²) in [6, 6.07) is 10.3. The van der Waals surface area contributed by atoms with Crippen molar-refractivity contribution in [3.05, 3.63) is 47.9 Å². The van der Waals surface area contributed by atoms with Crippen LogP contribution in [0.25, 0.3) is 11.3 Å². The lowest BCUT2D eigenvalue weighted by Gasteiger charge is -2.06. The zero-order chi connectivity index (χ0) is 13.0. The second-order valence-corrected chi connectivity index (χ2v) is 4.81. The van der Waals surface area contributed by atoms with E-state index in [0.29, 0.717) is 11.7 Å². The first-order valence-corrected chi connectivity index (χ1v) is 6.21. The van der Waals surface area contributed by atoms with Gasteiger partial charge >= 0.3 is 0 Å². The van der Waals surface area contributed by atoms with E-state index in [1.54, 1.807) is 6.20 Å². The van der Waals surface area contributed by atoms with Crippen LogP contribution in [0.15, 0.2) is 36.5 Å². The zero-order valence-corrected chi connectivity index (χ0v) is 10.8. The Labute approximate surface area is 108 Å². The number of aromatic nitrogens is 2. The van der Waals surface area contributed by atoms with Crippen molar-refractivity contribution in [2.24, 2.45) is 5.92 Å². The van der Waals surface area contributed by atoms with Gasteiger partial charge < -0.3 is 5.11 Å². The first kappa shape index (κ1) is 12.7. The molecular weight excluding hydrogens is 224 g/mol. The molecule has 0 saturated heterocycles. The van der Waals surface area contributed by atoms with Crippen molar-refractivity contribution in [3.63, 3.8) is 0 Å². The molecule has 1 aromatic heterocycles. The van der Waals surface area contributed by atoms with Crippen molar-refractivity contribution in [1.29, 1.82) is 0 Å². The van der Waals surface area contributed by atoms with Crippen LogP contribution in [0.3, 0.4) is 0 Å². The highest BCUT2D eigenvalue weighted by molar-refractivity contribution is 5.58. The summed E-state index contributed by atoms with van der Waals surface area (Å²) in [4.78, 5) is 8.27. The minimum absolute atomic E-state index is 0.126. The van der Waals surface area contributed by atoms with E-state index in [-0.39, 0.29) is 6.61 Å². The Balaban J connectivity index is 2.22. The maximum atomic E-state index is 9.03. The van der Waals surface area contributed by atoms with Crippen molar-refractivity contribution >= 4 is 0 Å². The normalized spacial score (nSPS) is 10.9. The third-order valence-corrected chi connectivity index (χ3v) is 2.74. The number of hydrogen-bond acceptors (Lipinski definition) is 3. The summed E-state index contributed by atoms with van der Waals surface area (Å²) in [6.07, 6.45) is 2.77. The molecule has 1 N–H and O–H groups in total. The molecule has 1 heterocycles. The van der Waals surface area contributed by atoms with Gasteiger partial charge in [0.1, 0.15) is 6.61 Å². The largest absolute Gasteiger partial charge is 0.388 e. The van der Waals surface area contributed by atoms with Gasteiger partial charge in [-0.25, -0.2) is 9.97 Å². The van der Waals surface area contributed by atoms with E-state index >= 15 is 0 Å². The van der Waals surface area contributed by atoms with E-state index in [4.69, 9.17) is 5.11 Å². The highest BCUT2D eigenvalue weighted by atomic mass is 16.3. The Morgan fingerprint density at radius 2 is 1.83 bits per heavy atom. The van der Waals surface area contributed by atoms with Crippen molar-refractivity contribution in [2.45, 2.75) is 26.9 Å². The van der Waals surface area contributed by atoms with Crippen LogP contribution in [-0.2, 0) is 13.0 Å². The van der Waals surface area contributed by atoms with E-state index < -0.39 is 0 Å². The lowest BCUT2D eigenvalue weighted by molar-refractivity contribution is 0.271. The Morgan fingerprint density at radius 3 is 2.44 bits per heavy atom. The fourth-order valence-corrected chi connectivity index (χ4v) is 1.92. The molecule has 1 aromatic carbocycles. The van der Waals surface area contributed by atoms with Gasteiger partial charge in [0.05, 0.1) is 5.69 Å². The summed E-state index contributed by atoms with van der Waals surface area (Å²) in [6.45, 7) is 4.30. The summed E-state index contributed by atoms with van der Waals surface area (Å²) in [5.74, 6) is 1.12. The molecule has 3 nitrogen and oxygen atoms in total. The summed E-state index contributed by atoms with van der Waals surface area (Å²) >= 11 is 0. The number of nitrogens with zero attached hydrogens (tertiary/aromatic N) is 2. The molecule has 0 amide bonds. The summed E-state index contributed by atoms with van der Waals surface area (Å²) in [7, 11) is 0. The molecule has 0 unspecified atom stereocenters. The Hall–Kier alpha value is -1.74. The molecule has 0 aliphatic heterocycles. The van der Waals surface area contributed by atoms with Gasteiger partial charge in [-0.15, -0.1) is 0 Å². The van der Waals surface area contributed by atoms with Gasteiger partial charge in [0.15, 0.2) is 5.82 Å². The van der Waals surface area contributed by atoms with Gasteiger partial charge in [0.2, 0.25) is 0 Å². The zero-order valence-electron chi connectivity index (χ0n) is 10.8. The van der Waals surface area contributed by atoms with Gasteiger partial charge in [-0.05, 0) is 24.0 Å². The number of aliphatic hydroxyl groups is 1. The molecule has 0 bridgehead atoms. The van der Waals surface area contributed by atoms with E-state index in [0.717, 1.165) is 17.7 Å². The van der Waals surface area contributed by atoms with Crippen LogP contribution in [0.5, 0.6) is 0 Å². The highest BCUT2D eigenvalue weighted by Gasteiger charge is 2.03. The maximum Gasteiger partial charge on any atom is 0.154 e. The first-order chi connectivity index (χ1) is 8.69. The fourth-order valence-electron chi connectivity index (χ4n) is 1.92. The van der Waals surface area contributed by atoms with Gasteiger partial charge in [-0.3, -0.25) is 0 Å². The molecule has 0 spiro atoms. The van der Waals surface area contributed by atoms with Crippen molar-refractivity contribution in [1.82, 2.24) is 9.97 Å². The monoisotopic (exact) mass is 242 g/mol. The van der Waals surface area contributed by atoms with E-state index in [1.165, 1.54) is 5.56 Å². The lowest BCUT2D eigenvalue weighted by atomic mass is 10.0. The van der Waals surface area contributed by atoms with Crippen LogP contribution < -0.4 is 0 Å². The molecule has 2 rings (SSSR count). The summed E-state index contributed by atoms with van der Waals surface area (Å²) in [5, 5.41) is 9.03. The van der Waals surface area contributed by atoms with Gasteiger partial charge in [0.25, 0.3) is 0 Å². The number of rotatable bonds is 4. The van der Waals surface area contributed by atoms with E-state index in [1.807, 2.05) is 6.07 Å². The molecule has 2 aromatic rings. The van der Waals surface area contributed by atoms with Crippen molar-refractivity contribution < 1.29 is 5.11 Å². The smallest absolute Gasteiger partial charge is 0.154 e. The van der Waals surface area contributed by atoms with Gasteiger partial charge in [-0.1, -0.05) is 38.1 Å². The van der Waals surface area contributed by atoms with E-state index in [2.05, 4.69) is 48.1 Å². The summed E-state index contributed by atoms with van der Waals surface area (Å²) < 4.78 is 0. The standard InChI is InChI=1S/C15H18N2O/c1-11(2)9-12-3-5-13(6-4-12)14-7-8-16-15(10-18)17-14/h3-8,11,18H,9-10H2,1-2H3. The molecule has 3 heteroatoms. The third-order valence-electron chi connectivity index (χ3n) is 2.74. The van der Waals surface area contributed by atoms with Crippen molar-refractivity contribution in [3.8, 4) is 11.3 Å². The Bertz CT molecular complexity index is 506. The topological polar surface area (TPSA) is 46.0 Å². The average Bonchev–Trinajstić information content (AvgIpc) is 2.39. The number of benzene rings is 1. The predicted molar refractivity (Wildman–Crippen MR) is 71.9 cm³/mol. The maximum absolute atomic E-state index is 9.03. The second kappa shape index (κ2) is 5.74. The molecule has 0 radical (unpaired) electrons. The number of hydrogen-bond donors (Lipinski definition) is 1. The van der Waals surface area contributed by atoms with Crippen LogP contribution >= 0.6 is 0 Å². The Morgan fingerprint density at radius 1 is 1.11 bits per heavy atom.